The number of ether oxygens (including phenoxy) is 1. The van der Waals surface area contributed by atoms with E-state index >= 15 is 0 Å². The molecule has 0 bridgehead atoms. The van der Waals surface area contributed by atoms with Crippen molar-refractivity contribution in [2.24, 2.45) is 5.92 Å². The minimum Gasteiger partial charge on any atom is -0.505 e. The zero-order valence-corrected chi connectivity index (χ0v) is 16.5. The Balaban J connectivity index is 2.01. The van der Waals surface area contributed by atoms with Crippen molar-refractivity contribution in [2.45, 2.75) is 13.8 Å². The lowest BCUT2D eigenvalue weighted by atomic mass is 10.2. The molecule has 0 fully saturated rings. The highest BCUT2D eigenvalue weighted by molar-refractivity contribution is 7.80. The number of aromatic hydroxyl groups is 1. The van der Waals surface area contributed by atoms with Crippen molar-refractivity contribution in [1.29, 1.82) is 0 Å². The summed E-state index contributed by atoms with van der Waals surface area (Å²) in [4.78, 5) is 12.3. The fourth-order valence-corrected chi connectivity index (χ4v) is 2.66. The van der Waals surface area contributed by atoms with Gasteiger partial charge in [0.1, 0.15) is 5.75 Å². The molecule has 0 saturated carbocycles. The summed E-state index contributed by atoms with van der Waals surface area (Å²) in [6.45, 7) is 4.65. The Bertz CT molecular complexity index is 805. The van der Waals surface area contributed by atoms with Crippen LogP contribution in [0.1, 0.15) is 24.2 Å². The van der Waals surface area contributed by atoms with Gasteiger partial charge < -0.3 is 15.2 Å². The van der Waals surface area contributed by atoms with Gasteiger partial charge in [-0.25, -0.2) is 0 Å². The fraction of sp³-hybridized carbons (Fsp3) is 0.222. The van der Waals surface area contributed by atoms with Gasteiger partial charge in [-0.3, -0.25) is 10.1 Å². The molecule has 2 aromatic rings. The molecule has 0 radical (unpaired) electrons. The summed E-state index contributed by atoms with van der Waals surface area (Å²) >= 11 is 16.8. The molecule has 3 N–H and O–H groups in total. The number of amides is 1. The molecule has 26 heavy (non-hydrogen) atoms. The van der Waals surface area contributed by atoms with Crippen molar-refractivity contribution in [1.82, 2.24) is 5.32 Å². The molecule has 0 spiro atoms. The van der Waals surface area contributed by atoms with Crippen LogP contribution in [-0.4, -0.2) is 22.7 Å². The normalized spacial score (nSPS) is 10.5. The van der Waals surface area contributed by atoms with Crippen molar-refractivity contribution in [3.8, 4) is 11.5 Å². The van der Waals surface area contributed by atoms with Crippen LogP contribution in [0.3, 0.4) is 0 Å². The Kier molecular flexibility index (Phi) is 7.08. The predicted octanol–water partition coefficient (Wildman–Crippen LogP) is 4.86. The Morgan fingerprint density at radius 3 is 2.50 bits per heavy atom. The van der Waals surface area contributed by atoms with Gasteiger partial charge in [-0.05, 0) is 48.5 Å². The molecule has 0 saturated heterocycles. The molecule has 0 heterocycles. The van der Waals surface area contributed by atoms with Gasteiger partial charge in [-0.15, -0.1) is 0 Å². The van der Waals surface area contributed by atoms with E-state index in [0.717, 1.165) is 0 Å². The first-order chi connectivity index (χ1) is 12.3. The lowest BCUT2D eigenvalue weighted by molar-refractivity contribution is 0.0977. The van der Waals surface area contributed by atoms with Crippen molar-refractivity contribution in [3.05, 3.63) is 52.0 Å². The average Bonchev–Trinajstić information content (AvgIpc) is 2.58. The minimum absolute atomic E-state index is 0.0707. The lowest BCUT2D eigenvalue weighted by Gasteiger charge is -2.12. The molecule has 0 aliphatic rings. The summed E-state index contributed by atoms with van der Waals surface area (Å²) in [6.07, 6.45) is 0. The molecule has 0 unspecified atom stereocenters. The van der Waals surface area contributed by atoms with Crippen LogP contribution in [0.5, 0.6) is 11.5 Å². The first kappa shape index (κ1) is 20.3. The van der Waals surface area contributed by atoms with Crippen LogP contribution in [0.15, 0.2) is 36.4 Å². The number of benzene rings is 2. The maximum atomic E-state index is 12.3. The van der Waals surface area contributed by atoms with Crippen molar-refractivity contribution < 1.29 is 14.6 Å². The summed E-state index contributed by atoms with van der Waals surface area (Å²) in [5, 5.41) is 15.1. The molecule has 5 nitrogen and oxygen atoms in total. The first-order valence-corrected chi connectivity index (χ1v) is 8.96. The van der Waals surface area contributed by atoms with E-state index in [-0.39, 0.29) is 26.8 Å². The van der Waals surface area contributed by atoms with Gasteiger partial charge in [0, 0.05) is 11.3 Å². The number of nitrogens with one attached hydrogen (secondary N) is 2. The van der Waals surface area contributed by atoms with E-state index in [1.165, 1.54) is 12.1 Å². The van der Waals surface area contributed by atoms with Crippen LogP contribution in [0.25, 0.3) is 0 Å². The minimum atomic E-state index is -0.381. The highest BCUT2D eigenvalue weighted by Gasteiger charge is 2.11. The smallest absolute Gasteiger partial charge is 0.257 e. The third-order valence-electron chi connectivity index (χ3n) is 3.18. The number of rotatable bonds is 5. The molecule has 2 rings (SSSR count). The summed E-state index contributed by atoms with van der Waals surface area (Å²) in [7, 11) is 0. The molecule has 2 aromatic carbocycles. The quantitative estimate of drug-likeness (QED) is 0.483. The van der Waals surface area contributed by atoms with Crippen molar-refractivity contribution in [2.75, 3.05) is 11.9 Å². The van der Waals surface area contributed by atoms with E-state index in [0.29, 0.717) is 29.5 Å². The topological polar surface area (TPSA) is 70.6 Å². The molecular weight excluding hydrogens is 395 g/mol. The monoisotopic (exact) mass is 412 g/mol. The van der Waals surface area contributed by atoms with Gasteiger partial charge in [-0.2, -0.15) is 0 Å². The van der Waals surface area contributed by atoms with E-state index in [4.69, 9.17) is 40.2 Å². The molecule has 8 heteroatoms. The van der Waals surface area contributed by atoms with Crippen LogP contribution in [-0.2, 0) is 0 Å². The van der Waals surface area contributed by atoms with Gasteiger partial charge in [0.15, 0.2) is 10.9 Å². The van der Waals surface area contributed by atoms with Crippen LogP contribution in [0.4, 0.5) is 5.69 Å². The highest BCUT2D eigenvalue weighted by atomic mass is 35.5. The number of hydrogen-bond acceptors (Lipinski definition) is 4. The van der Waals surface area contributed by atoms with Crippen molar-refractivity contribution >= 4 is 52.1 Å². The number of thiocarbonyl (C=S) groups is 1. The summed E-state index contributed by atoms with van der Waals surface area (Å²) < 4.78 is 5.61. The van der Waals surface area contributed by atoms with Gasteiger partial charge in [-0.1, -0.05) is 43.1 Å². The largest absolute Gasteiger partial charge is 0.505 e. The number of carbonyl (C=O) groups excluding carboxylic acids is 1. The molecule has 0 atom stereocenters. The summed E-state index contributed by atoms with van der Waals surface area (Å²) in [6, 6.07) is 9.73. The fourth-order valence-electron chi connectivity index (χ4n) is 1.97. The van der Waals surface area contributed by atoms with Gasteiger partial charge >= 0.3 is 0 Å². The van der Waals surface area contributed by atoms with E-state index < -0.39 is 0 Å². The average molecular weight is 413 g/mol. The number of carbonyl (C=O) groups is 1. The SMILES string of the molecule is CC(C)COc1cccc(C(=O)NC(=S)Nc2cc(Cl)c(O)c(Cl)c2)c1. The second-order valence-corrected chi connectivity index (χ2v) is 7.15. The molecule has 0 aromatic heterocycles. The summed E-state index contributed by atoms with van der Waals surface area (Å²) in [5.74, 6) is 0.399. The zero-order valence-electron chi connectivity index (χ0n) is 14.2. The Morgan fingerprint density at radius 1 is 1.23 bits per heavy atom. The van der Waals surface area contributed by atoms with Crippen LogP contribution in [0.2, 0.25) is 10.0 Å². The molecule has 138 valence electrons. The van der Waals surface area contributed by atoms with Gasteiger partial charge in [0.25, 0.3) is 5.91 Å². The second kappa shape index (κ2) is 9.07. The first-order valence-electron chi connectivity index (χ1n) is 7.79. The van der Waals surface area contributed by atoms with Crippen LogP contribution >= 0.6 is 35.4 Å². The number of halogens is 2. The second-order valence-electron chi connectivity index (χ2n) is 5.93. The summed E-state index contributed by atoms with van der Waals surface area (Å²) in [5.41, 5.74) is 0.856. The highest BCUT2D eigenvalue weighted by Crippen LogP contribution is 2.34. The standard InChI is InChI=1S/C18H18Cl2N2O3S/c1-10(2)9-25-13-5-3-4-11(6-13)17(24)22-18(26)21-12-7-14(19)16(23)15(20)8-12/h3-8,10,23H,9H2,1-2H3,(H2,21,22,24,26). The third-order valence-corrected chi connectivity index (χ3v) is 3.96. The molecule has 0 aliphatic carbocycles. The zero-order chi connectivity index (χ0) is 19.3. The van der Waals surface area contributed by atoms with E-state index in [9.17, 15) is 9.90 Å². The van der Waals surface area contributed by atoms with E-state index in [1.807, 2.05) is 13.8 Å². The van der Waals surface area contributed by atoms with E-state index in [2.05, 4.69) is 10.6 Å². The Hall–Kier alpha value is -2.02. The van der Waals surface area contributed by atoms with Crippen LogP contribution in [0, 0.1) is 5.92 Å². The molecular formula is C18H18Cl2N2O3S. The Labute approximate surface area is 167 Å². The molecule has 0 aliphatic heterocycles. The lowest BCUT2D eigenvalue weighted by Crippen LogP contribution is -2.34. The maximum absolute atomic E-state index is 12.3. The van der Waals surface area contributed by atoms with E-state index in [1.54, 1.807) is 24.3 Å². The predicted molar refractivity (Wildman–Crippen MR) is 109 cm³/mol. The number of phenols is 1. The van der Waals surface area contributed by atoms with Gasteiger partial charge in [0.2, 0.25) is 0 Å². The van der Waals surface area contributed by atoms with Crippen molar-refractivity contribution in [3.63, 3.8) is 0 Å². The van der Waals surface area contributed by atoms with Gasteiger partial charge in [0.05, 0.1) is 16.7 Å². The Morgan fingerprint density at radius 2 is 1.88 bits per heavy atom. The third kappa shape index (κ3) is 5.76. The molecule has 1 amide bonds. The van der Waals surface area contributed by atoms with Crippen LogP contribution < -0.4 is 15.4 Å². The number of hydrogen-bond donors (Lipinski definition) is 3. The maximum Gasteiger partial charge on any atom is 0.257 e. The number of anilines is 1. The number of phenolic OH excluding ortho intramolecular Hbond substituents is 1.